The van der Waals surface area contributed by atoms with E-state index >= 15 is 0 Å². The Balaban J connectivity index is 2.32. The summed E-state index contributed by atoms with van der Waals surface area (Å²) in [4.78, 5) is 30.9. The molecule has 0 saturated carbocycles. The molecule has 0 N–H and O–H groups in total. The van der Waals surface area contributed by atoms with Crippen LogP contribution in [0.4, 0.5) is 0 Å². The third kappa shape index (κ3) is 4.32. The van der Waals surface area contributed by atoms with Gasteiger partial charge in [0.05, 0.1) is 18.2 Å². The van der Waals surface area contributed by atoms with E-state index in [1.807, 2.05) is 39.8 Å². The lowest BCUT2D eigenvalue weighted by Crippen LogP contribution is -2.28. The number of hydrogen-bond acceptors (Lipinski definition) is 4. The number of hydrogen-bond donors (Lipinski definition) is 0. The summed E-state index contributed by atoms with van der Waals surface area (Å²) >= 11 is 0. The van der Waals surface area contributed by atoms with Crippen LogP contribution in [-0.2, 0) is 16.1 Å². The summed E-state index contributed by atoms with van der Waals surface area (Å²) in [5.41, 5.74) is 4.00. The molecule has 6 nitrogen and oxygen atoms in total. The van der Waals surface area contributed by atoms with Crippen molar-refractivity contribution in [2.75, 3.05) is 13.7 Å². The molecule has 2 heterocycles. The van der Waals surface area contributed by atoms with Crippen LogP contribution in [-0.4, -0.2) is 40.0 Å². The predicted molar refractivity (Wildman–Crippen MR) is 110 cm³/mol. The molecule has 0 spiro atoms. The number of carbonyl (C=O) groups is 2. The second-order valence-corrected chi connectivity index (χ2v) is 6.67. The summed E-state index contributed by atoms with van der Waals surface area (Å²) in [5.74, 6) is -0.507. The lowest BCUT2D eigenvalue weighted by molar-refractivity contribution is -0.126. The Kier molecular flexibility index (Phi) is 7.15. The van der Waals surface area contributed by atoms with E-state index in [-0.39, 0.29) is 17.9 Å². The molecule has 2 rings (SSSR count). The number of amides is 1. The number of rotatable bonds is 7. The zero-order valence-electron chi connectivity index (χ0n) is 17.5. The van der Waals surface area contributed by atoms with Crippen molar-refractivity contribution in [3.8, 4) is 0 Å². The maximum absolute atomic E-state index is 12.7. The Hall–Kier alpha value is -2.89. The molecule has 1 amide bonds. The van der Waals surface area contributed by atoms with Crippen LogP contribution in [0, 0.1) is 13.8 Å². The minimum Gasteiger partial charge on any atom is -0.462 e. The predicted octanol–water partition coefficient (Wildman–Crippen LogP) is 3.93. The number of aromatic nitrogens is 2. The molecular weight excluding hydrogens is 354 g/mol. The number of carbonyl (C=O) groups excluding carboxylic acids is 2. The van der Waals surface area contributed by atoms with Crippen LogP contribution in [0.25, 0.3) is 6.08 Å². The SMILES string of the molecule is CCOC(=O)c1c(/C=C/C(=O)N(C)C(C)c2cccnc2)c(C)n(CC)c1C. The number of likely N-dealkylation sites (N-methyl/N-ethyl adjacent to an activating group) is 1. The Morgan fingerprint density at radius 2 is 2.00 bits per heavy atom. The maximum Gasteiger partial charge on any atom is 0.340 e. The van der Waals surface area contributed by atoms with E-state index in [0.717, 1.165) is 29.1 Å². The van der Waals surface area contributed by atoms with Crippen molar-refractivity contribution in [2.24, 2.45) is 0 Å². The molecular formula is C22H29N3O3. The molecule has 0 saturated heterocycles. The molecule has 0 aromatic carbocycles. The largest absolute Gasteiger partial charge is 0.462 e. The van der Waals surface area contributed by atoms with Crippen LogP contribution >= 0.6 is 0 Å². The monoisotopic (exact) mass is 383 g/mol. The van der Waals surface area contributed by atoms with Gasteiger partial charge < -0.3 is 14.2 Å². The summed E-state index contributed by atoms with van der Waals surface area (Å²) in [6, 6.07) is 3.68. The fraction of sp³-hybridized carbons (Fsp3) is 0.409. The van der Waals surface area contributed by atoms with Gasteiger partial charge in [-0.3, -0.25) is 9.78 Å². The Morgan fingerprint density at radius 3 is 2.57 bits per heavy atom. The Morgan fingerprint density at radius 1 is 1.29 bits per heavy atom. The molecule has 0 aliphatic rings. The first kappa shape index (κ1) is 21.4. The molecule has 28 heavy (non-hydrogen) atoms. The third-order valence-electron chi connectivity index (χ3n) is 5.11. The van der Waals surface area contributed by atoms with Gasteiger partial charge in [0, 0.05) is 49.0 Å². The molecule has 0 radical (unpaired) electrons. The standard InChI is InChI=1S/C22H29N3O3/c1-7-25-16(4)19(21(17(25)5)22(27)28-8-2)11-12-20(26)24(6)15(3)18-10-9-13-23-14-18/h9-15H,7-8H2,1-6H3/b12-11+. The fourth-order valence-electron chi connectivity index (χ4n) is 3.36. The van der Waals surface area contributed by atoms with Gasteiger partial charge in [0.2, 0.25) is 5.91 Å². The van der Waals surface area contributed by atoms with Gasteiger partial charge in [-0.1, -0.05) is 6.07 Å². The van der Waals surface area contributed by atoms with Crippen molar-refractivity contribution in [3.63, 3.8) is 0 Å². The molecule has 0 bridgehead atoms. The van der Waals surface area contributed by atoms with Crippen molar-refractivity contribution in [1.82, 2.24) is 14.5 Å². The fourth-order valence-corrected chi connectivity index (χ4v) is 3.36. The van der Waals surface area contributed by atoms with Crippen molar-refractivity contribution >= 4 is 18.0 Å². The lowest BCUT2D eigenvalue weighted by Gasteiger charge is -2.23. The quantitative estimate of drug-likeness (QED) is 0.537. The highest BCUT2D eigenvalue weighted by molar-refractivity contribution is 5.98. The Bertz CT molecular complexity index is 869. The molecule has 0 aliphatic heterocycles. The van der Waals surface area contributed by atoms with Crippen molar-refractivity contribution < 1.29 is 14.3 Å². The summed E-state index contributed by atoms with van der Waals surface area (Å²) in [5, 5.41) is 0. The maximum atomic E-state index is 12.7. The zero-order chi connectivity index (χ0) is 20.8. The van der Waals surface area contributed by atoms with Crippen molar-refractivity contribution in [3.05, 3.63) is 58.7 Å². The van der Waals surface area contributed by atoms with Gasteiger partial charge in [-0.2, -0.15) is 0 Å². The van der Waals surface area contributed by atoms with Crippen LogP contribution in [0.5, 0.6) is 0 Å². The van der Waals surface area contributed by atoms with Crippen LogP contribution in [0.3, 0.4) is 0 Å². The minimum absolute atomic E-state index is 0.113. The van der Waals surface area contributed by atoms with E-state index in [9.17, 15) is 9.59 Å². The topological polar surface area (TPSA) is 64.4 Å². The van der Waals surface area contributed by atoms with Gasteiger partial charge in [-0.15, -0.1) is 0 Å². The third-order valence-corrected chi connectivity index (χ3v) is 5.11. The average Bonchev–Trinajstić information content (AvgIpc) is 2.94. The van der Waals surface area contributed by atoms with E-state index in [0.29, 0.717) is 12.2 Å². The van der Waals surface area contributed by atoms with E-state index in [1.165, 1.54) is 6.08 Å². The van der Waals surface area contributed by atoms with Gasteiger partial charge >= 0.3 is 5.97 Å². The van der Waals surface area contributed by atoms with E-state index in [1.54, 1.807) is 37.3 Å². The smallest absolute Gasteiger partial charge is 0.340 e. The molecule has 150 valence electrons. The van der Waals surface area contributed by atoms with Gasteiger partial charge in [0.25, 0.3) is 0 Å². The van der Waals surface area contributed by atoms with Crippen LogP contribution in [0.2, 0.25) is 0 Å². The second-order valence-electron chi connectivity index (χ2n) is 6.67. The van der Waals surface area contributed by atoms with Gasteiger partial charge in [0.1, 0.15) is 0 Å². The normalized spacial score (nSPS) is 12.2. The van der Waals surface area contributed by atoms with E-state index in [4.69, 9.17) is 4.74 Å². The number of pyridine rings is 1. The lowest BCUT2D eigenvalue weighted by atomic mass is 10.1. The summed E-state index contributed by atoms with van der Waals surface area (Å²) in [6.07, 6.45) is 6.69. The number of nitrogens with zero attached hydrogens (tertiary/aromatic N) is 3. The first-order chi connectivity index (χ1) is 13.3. The first-order valence-corrected chi connectivity index (χ1v) is 9.54. The molecule has 1 unspecified atom stereocenters. The van der Waals surface area contributed by atoms with Crippen LogP contribution in [0.1, 0.15) is 59.7 Å². The van der Waals surface area contributed by atoms with Crippen LogP contribution in [0.15, 0.2) is 30.6 Å². The van der Waals surface area contributed by atoms with Gasteiger partial charge in [-0.05, 0) is 52.3 Å². The average molecular weight is 383 g/mol. The summed E-state index contributed by atoms with van der Waals surface area (Å²) < 4.78 is 7.28. The summed E-state index contributed by atoms with van der Waals surface area (Å²) in [7, 11) is 1.76. The zero-order valence-corrected chi connectivity index (χ0v) is 17.5. The van der Waals surface area contributed by atoms with Crippen molar-refractivity contribution in [2.45, 2.75) is 47.2 Å². The molecule has 0 aliphatic carbocycles. The van der Waals surface area contributed by atoms with Crippen molar-refractivity contribution in [1.29, 1.82) is 0 Å². The number of esters is 1. The van der Waals surface area contributed by atoms with Gasteiger partial charge in [0.15, 0.2) is 0 Å². The molecule has 0 fully saturated rings. The molecule has 2 aromatic rings. The second kappa shape index (κ2) is 9.35. The van der Waals surface area contributed by atoms with Gasteiger partial charge in [-0.25, -0.2) is 4.79 Å². The number of ether oxygens (including phenoxy) is 1. The highest BCUT2D eigenvalue weighted by Gasteiger charge is 2.22. The van der Waals surface area contributed by atoms with E-state index < -0.39 is 0 Å². The molecule has 2 aromatic heterocycles. The minimum atomic E-state index is -0.362. The highest BCUT2D eigenvalue weighted by Crippen LogP contribution is 2.25. The Labute approximate surface area is 166 Å². The molecule has 6 heteroatoms. The highest BCUT2D eigenvalue weighted by atomic mass is 16.5. The van der Waals surface area contributed by atoms with Crippen LogP contribution < -0.4 is 0 Å². The summed E-state index contributed by atoms with van der Waals surface area (Å²) in [6.45, 7) is 10.7. The first-order valence-electron chi connectivity index (χ1n) is 9.54. The van der Waals surface area contributed by atoms with E-state index in [2.05, 4.69) is 9.55 Å². The molecule has 1 atom stereocenters.